The van der Waals surface area contributed by atoms with Gasteiger partial charge in [0, 0.05) is 24.7 Å². The molecule has 0 aromatic heterocycles. The number of benzene rings is 1. The molecule has 0 radical (unpaired) electrons. The van der Waals surface area contributed by atoms with Crippen LogP contribution in [0.2, 0.25) is 0 Å². The van der Waals surface area contributed by atoms with E-state index in [0.717, 1.165) is 18.3 Å². The highest BCUT2D eigenvalue weighted by Crippen LogP contribution is 2.29. The number of fused-ring (bicyclic) bond motifs is 1. The maximum absolute atomic E-state index is 5.47. The summed E-state index contributed by atoms with van der Waals surface area (Å²) in [7, 11) is 1.76. The Morgan fingerprint density at radius 3 is 2.84 bits per heavy atom. The molecule has 3 aliphatic heterocycles. The number of nitrogens with zero attached hydrogens (tertiary/aromatic N) is 2. The van der Waals surface area contributed by atoms with Crippen LogP contribution in [0.5, 0.6) is 5.75 Å². The van der Waals surface area contributed by atoms with Gasteiger partial charge in [-0.05, 0) is 82.4 Å². The van der Waals surface area contributed by atoms with E-state index in [1.165, 1.54) is 70.3 Å². The monoisotopic (exact) mass is 343 g/mol. The van der Waals surface area contributed by atoms with E-state index in [0.29, 0.717) is 12.1 Å². The lowest BCUT2D eigenvalue weighted by atomic mass is 9.96. The zero-order valence-electron chi connectivity index (χ0n) is 15.6. The van der Waals surface area contributed by atoms with Gasteiger partial charge in [-0.15, -0.1) is 0 Å². The van der Waals surface area contributed by atoms with Crippen LogP contribution in [-0.2, 0) is 0 Å². The van der Waals surface area contributed by atoms with Crippen molar-refractivity contribution in [1.82, 2.24) is 15.1 Å². The molecule has 0 spiro atoms. The third kappa shape index (κ3) is 4.02. The van der Waals surface area contributed by atoms with Gasteiger partial charge in [-0.3, -0.25) is 4.90 Å². The molecule has 3 aliphatic rings. The maximum Gasteiger partial charge on any atom is 0.119 e. The Kier molecular flexibility index (Phi) is 5.59. The number of hydrogen-bond donors (Lipinski definition) is 1. The summed E-state index contributed by atoms with van der Waals surface area (Å²) >= 11 is 0. The van der Waals surface area contributed by atoms with Crippen LogP contribution in [0.3, 0.4) is 0 Å². The molecular weight excluding hydrogens is 310 g/mol. The van der Waals surface area contributed by atoms with Crippen molar-refractivity contribution in [2.24, 2.45) is 0 Å². The lowest BCUT2D eigenvalue weighted by Gasteiger charge is -2.37. The van der Waals surface area contributed by atoms with Crippen molar-refractivity contribution in [1.29, 1.82) is 0 Å². The number of likely N-dealkylation sites (tertiary alicyclic amines) is 1. The Bertz CT molecular complexity index is 558. The predicted molar refractivity (Wildman–Crippen MR) is 102 cm³/mol. The van der Waals surface area contributed by atoms with E-state index in [9.17, 15) is 0 Å². The van der Waals surface area contributed by atoms with Gasteiger partial charge in [-0.1, -0.05) is 12.1 Å². The molecule has 3 fully saturated rings. The van der Waals surface area contributed by atoms with Gasteiger partial charge in [0.2, 0.25) is 0 Å². The molecule has 25 heavy (non-hydrogen) atoms. The van der Waals surface area contributed by atoms with E-state index in [4.69, 9.17) is 4.74 Å². The summed E-state index contributed by atoms with van der Waals surface area (Å²) < 4.78 is 5.47. The average Bonchev–Trinajstić information content (AvgIpc) is 3.33. The quantitative estimate of drug-likeness (QED) is 0.859. The SMILES string of the molecule is COc1cccc([C@H](CN[C@H]2CCN3CCC[C@@H]3C2)N2CCCC2)c1. The maximum atomic E-state index is 5.47. The smallest absolute Gasteiger partial charge is 0.119 e. The molecule has 138 valence electrons. The van der Waals surface area contributed by atoms with Crippen molar-refractivity contribution in [3.63, 3.8) is 0 Å². The lowest BCUT2D eigenvalue weighted by molar-refractivity contribution is 0.157. The number of nitrogens with one attached hydrogen (secondary N) is 1. The van der Waals surface area contributed by atoms with Gasteiger partial charge in [0.1, 0.15) is 5.75 Å². The highest BCUT2D eigenvalue weighted by molar-refractivity contribution is 5.31. The van der Waals surface area contributed by atoms with Gasteiger partial charge >= 0.3 is 0 Å². The molecular formula is C21H33N3O. The third-order valence-electron chi connectivity index (χ3n) is 6.48. The first-order valence-corrected chi connectivity index (χ1v) is 10.2. The Morgan fingerprint density at radius 1 is 1.12 bits per heavy atom. The van der Waals surface area contributed by atoms with Gasteiger partial charge in [-0.2, -0.15) is 0 Å². The highest BCUT2D eigenvalue weighted by Gasteiger charge is 2.32. The van der Waals surface area contributed by atoms with Crippen LogP contribution in [0.4, 0.5) is 0 Å². The van der Waals surface area contributed by atoms with E-state index in [-0.39, 0.29) is 0 Å². The number of methoxy groups -OCH3 is 1. The van der Waals surface area contributed by atoms with Gasteiger partial charge < -0.3 is 15.0 Å². The zero-order valence-corrected chi connectivity index (χ0v) is 15.6. The second kappa shape index (κ2) is 8.07. The average molecular weight is 344 g/mol. The first kappa shape index (κ1) is 17.3. The molecule has 0 amide bonds. The molecule has 0 aliphatic carbocycles. The second-order valence-corrected chi connectivity index (χ2v) is 8.00. The molecule has 4 nitrogen and oxygen atoms in total. The molecule has 3 atom stereocenters. The number of rotatable bonds is 6. The first-order chi connectivity index (χ1) is 12.3. The summed E-state index contributed by atoms with van der Waals surface area (Å²) in [6, 6.07) is 10.7. The van der Waals surface area contributed by atoms with Crippen LogP contribution in [0.25, 0.3) is 0 Å². The molecule has 4 heteroatoms. The fraction of sp³-hybridized carbons (Fsp3) is 0.714. The second-order valence-electron chi connectivity index (χ2n) is 8.00. The predicted octanol–water partition coefficient (Wildman–Crippen LogP) is 3.05. The van der Waals surface area contributed by atoms with Gasteiger partial charge in [0.05, 0.1) is 7.11 Å². The molecule has 3 saturated heterocycles. The largest absolute Gasteiger partial charge is 0.497 e. The van der Waals surface area contributed by atoms with Crippen molar-refractivity contribution in [2.45, 2.75) is 56.7 Å². The van der Waals surface area contributed by atoms with Gasteiger partial charge in [-0.25, -0.2) is 0 Å². The Labute approximate surface area is 152 Å². The molecule has 1 aromatic rings. The van der Waals surface area contributed by atoms with Crippen LogP contribution >= 0.6 is 0 Å². The molecule has 1 aromatic carbocycles. The van der Waals surface area contributed by atoms with E-state index >= 15 is 0 Å². The topological polar surface area (TPSA) is 27.7 Å². The van der Waals surface area contributed by atoms with E-state index in [1.54, 1.807) is 7.11 Å². The first-order valence-electron chi connectivity index (χ1n) is 10.2. The van der Waals surface area contributed by atoms with Crippen molar-refractivity contribution in [2.75, 3.05) is 39.8 Å². The summed E-state index contributed by atoms with van der Waals surface area (Å²) in [6.45, 7) is 6.13. The normalized spacial score (nSPS) is 28.8. The Balaban J connectivity index is 1.41. The van der Waals surface area contributed by atoms with Crippen molar-refractivity contribution in [3.8, 4) is 5.75 Å². The third-order valence-corrected chi connectivity index (χ3v) is 6.48. The molecule has 1 N–H and O–H groups in total. The number of hydrogen-bond acceptors (Lipinski definition) is 4. The molecule has 0 saturated carbocycles. The molecule has 0 unspecified atom stereocenters. The van der Waals surface area contributed by atoms with E-state index in [1.807, 2.05) is 6.07 Å². The van der Waals surface area contributed by atoms with Crippen LogP contribution in [0.15, 0.2) is 24.3 Å². The number of ether oxygens (including phenoxy) is 1. The van der Waals surface area contributed by atoms with E-state index < -0.39 is 0 Å². The van der Waals surface area contributed by atoms with Crippen LogP contribution in [0, 0.1) is 0 Å². The highest BCUT2D eigenvalue weighted by atomic mass is 16.5. The fourth-order valence-corrected chi connectivity index (χ4v) is 5.05. The minimum atomic E-state index is 0.471. The van der Waals surface area contributed by atoms with Gasteiger partial charge in [0.15, 0.2) is 0 Å². The van der Waals surface area contributed by atoms with Crippen LogP contribution in [-0.4, -0.2) is 61.7 Å². The minimum Gasteiger partial charge on any atom is -0.497 e. The Morgan fingerprint density at radius 2 is 2.00 bits per heavy atom. The lowest BCUT2D eigenvalue weighted by Crippen LogP contribution is -2.47. The molecule has 0 bridgehead atoms. The summed E-state index contributed by atoms with van der Waals surface area (Å²) in [6.07, 6.45) is 8.12. The summed E-state index contributed by atoms with van der Waals surface area (Å²) in [5.74, 6) is 0.973. The van der Waals surface area contributed by atoms with Gasteiger partial charge in [0.25, 0.3) is 0 Å². The summed E-state index contributed by atoms with van der Waals surface area (Å²) in [4.78, 5) is 5.37. The number of piperidine rings is 1. The fourth-order valence-electron chi connectivity index (χ4n) is 5.05. The zero-order chi connectivity index (χ0) is 17.1. The van der Waals surface area contributed by atoms with Crippen molar-refractivity contribution < 1.29 is 4.74 Å². The van der Waals surface area contributed by atoms with Crippen LogP contribution < -0.4 is 10.1 Å². The summed E-state index contributed by atoms with van der Waals surface area (Å²) in [5.41, 5.74) is 1.40. The summed E-state index contributed by atoms with van der Waals surface area (Å²) in [5, 5.41) is 3.94. The Hall–Kier alpha value is -1.10. The van der Waals surface area contributed by atoms with E-state index in [2.05, 4.69) is 33.3 Å². The van der Waals surface area contributed by atoms with Crippen molar-refractivity contribution >= 4 is 0 Å². The van der Waals surface area contributed by atoms with Crippen LogP contribution in [0.1, 0.15) is 50.1 Å². The van der Waals surface area contributed by atoms with Crippen molar-refractivity contribution in [3.05, 3.63) is 29.8 Å². The molecule has 3 heterocycles. The standard InChI is InChI=1S/C21H33N3O/c1-25-20-8-4-6-17(14-20)21(24-10-2-3-11-24)16-22-18-9-13-23-12-5-7-19(23)15-18/h4,6,8,14,18-19,21-22H,2-3,5,7,9-13,15-16H2,1H3/t18-,19+,21-/m0/s1. The minimum absolute atomic E-state index is 0.471. The molecule has 4 rings (SSSR count).